The van der Waals surface area contributed by atoms with Gasteiger partial charge in [-0.05, 0) is 74.2 Å². The lowest BCUT2D eigenvalue weighted by molar-refractivity contribution is 0.0636. The van der Waals surface area contributed by atoms with Crippen molar-refractivity contribution in [2.24, 2.45) is 0 Å². The Hall–Kier alpha value is -1.85. The molecular formula is C20H20BrClFNO2. The molecule has 0 saturated carbocycles. The van der Waals surface area contributed by atoms with Crippen molar-refractivity contribution in [3.63, 3.8) is 0 Å². The van der Waals surface area contributed by atoms with E-state index in [0.29, 0.717) is 20.8 Å². The largest absolute Gasteiger partial charge is 0.444 e. The van der Waals surface area contributed by atoms with Gasteiger partial charge in [0.25, 0.3) is 0 Å². The number of benzene rings is 2. The van der Waals surface area contributed by atoms with Crippen molar-refractivity contribution >= 4 is 44.9 Å². The molecule has 0 aliphatic carbocycles. The minimum Gasteiger partial charge on any atom is -0.444 e. The van der Waals surface area contributed by atoms with E-state index in [0.717, 1.165) is 16.7 Å². The number of aryl methyl sites for hydroxylation is 1. The summed E-state index contributed by atoms with van der Waals surface area (Å²) in [6.45, 7) is 11.3. The molecule has 3 nitrogen and oxygen atoms in total. The molecule has 2 aromatic rings. The third-order valence-electron chi connectivity index (χ3n) is 3.53. The molecule has 0 spiro atoms. The number of anilines is 1. The maximum Gasteiger partial charge on any atom is 0.412 e. The first kappa shape index (κ1) is 20.5. The normalized spacial score (nSPS) is 11.2. The van der Waals surface area contributed by atoms with Gasteiger partial charge in [0.2, 0.25) is 0 Å². The zero-order valence-electron chi connectivity index (χ0n) is 15.0. The molecule has 0 radical (unpaired) electrons. The maximum absolute atomic E-state index is 13.3. The van der Waals surface area contributed by atoms with Crippen LogP contribution < -0.4 is 5.32 Å². The van der Waals surface area contributed by atoms with Gasteiger partial charge in [0.1, 0.15) is 11.4 Å². The molecule has 0 heterocycles. The second kappa shape index (κ2) is 7.80. The molecule has 0 saturated heterocycles. The van der Waals surface area contributed by atoms with Gasteiger partial charge in [0.15, 0.2) is 0 Å². The first-order valence-electron chi connectivity index (χ1n) is 7.93. The molecule has 2 aromatic carbocycles. The highest BCUT2D eigenvalue weighted by molar-refractivity contribution is 9.10. The monoisotopic (exact) mass is 439 g/mol. The Morgan fingerprint density at radius 1 is 1.23 bits per heavy atom. The lowest BCUT2D eigenvalue weighted by Crippen LogP contribution is -2.27. The molecule has 1 N–H and O–H groups in total. The lowest BCUT2D eigenvalue weighted by atomic mass is 9.95. The summed E-state index contributed by atoms with van der Waals surface area (Å²) >= 11 is 9.80. The van der Waals surface area contributed by atoms with Gasteiger partial charge in [-0.25, -0.2) is 9.18 Å². The molecule has 6 heteroatoms. The SMILES string of the molecule is C=C(c1ccc(F)cc1C)c1cc(Cl)c(NC(=O)OC(C)(C)C)cc1Br. The number of nitrogens with one attached hydrogen (secondary N) is 1. The Labute approximate surface area is 166 Å². The van der Waals surface area contributed by atoms with Gasteiger partial charge < -0.3 is 4.74 Å². The summed E-state index contributed by atoms with van der Waals surface area (Å²) in [4.78, 5) is 11.9. The van der Waals surface area contributed by atoms with E-state index in [4.69, 9.17) is 16.3 Å². The van der Waals surface area contributed by atoms with E-state index in [1.807, 2.05) is 6.92 Å². The first-order chi connectivity index (χ1) is 12.0. The zero-order chi connectivity index (χ0) is 19.6. The molecule has 0 aliphatic heterocycles. The zero-order valence-corrected chi connectivity index (χ0v) is 17.4. The molecule has 0 bridgehead atoms. The Morgan fingerprint density at radius 3 is 2.46 bits per heavy atom. The maximum atomic E-state index is 13.3. The van der Waals surface area contributed by atoms with E-state index in [-0.39, 0.29) is 5.82 Å². The highest BCUT2D eigenvalue weighted by Gasteiger charge is 2.18. The van der Waals surface area contributed by atoms with E-state index in [1.54, 1.807) is 39.0 Å². The highest BCUT2D eigenvalue weighted by atomic mass is 79.9. The van der Waals surface area contributed by atoms with E-state index in [9.17, 15) is 9.18 Å². The second-order valence-electron chi connectivity index (χ2n) is 6.88. The van der Waals surface area contributed by atoms with Crippen LogP contribution in [0.15, 0.2) is 41.4 Å². The Balaban J connectivity index is 2.31. The van der Waals surface area contributed by atoms with Crippen LogP contribution in [0.1, 0.15) is 37.5 Å². The van der Waals surface area contributed by atoms with Crippen LogP contribution in [-0.2, 0) is 4.74 Å². The van der Waals surface area contributed by atoms with Crippen molar-refractivity contribution < 1.29 is 13.9 Å². The number of hydrogen-bond acceptors (Lipinski definition) is 2. The summed E-state index contributed by atoms with van der Waals surface area (Å²) in [7, 11) is 0. The molecule has 1 amide bonds. The predicted molar refractivity (Wildman–Crippen MR) is 108 cm³/mol. The second-order valence-corrected chi connectivity index (χ2v) is 8.14. The Bertz CT molecular complexity index is 875. The first-order valence-corrected chi connectivity index (χ1v) is 9.10. The number of rotatable bonds is 3. The van der Waals surface area contributed by atoms with Crippen LogP contribution in [0.2, 0.25) is 5.02 Å². The smallest absolute Gasteiger partial charge is 0.412 e. The molecule has 0 unspecified atom stereocenters. The third kappa shape index (κ3) is 5.08. The predicted octanol–water partition coefficient (Wildman–Crippen LogP) is 6.96. The van der Waals surface area contributed by atoms with Crippen LogP contribution in [0.3, 0.4) is 0 Å². The van der Waals surface area contributed by atoms with Crippen LogP contribution in [0.4, 0.5) is 14.9 Å². The molecule has 138 valence electrons. The quantitative estimate of drug-likeness (QED) is 0.560. The Kier molecular flexibility index (Phi) is 6.14. The number of carbonyl (C=O) groups is 1. The van der Waals surface area contributed by atoms with Crippen LogP contribution in [0, 0.1) is 12.7 Å². The summed E-state index contributed by atoms with van der Waals surface area (Å²) in [6.07, 6.45) is -0.591. The van der Waals surface area contributed by atoms with Gasteiger partial charge >= 0.3 is 6.09 Å². The lowest BCUT2D eigenvalue weighted by Gasteiger charge is -2.20. The molecule has 0 fully saturated rings. The summed E-state index contributed by atoms with van der Waals surface area (Å²) in [5, 5.41) is 2.97. The topological polar surface area (TPSA) is 38.3 Å². The van der Waals surface area contributed by atoms with Gasteiger partial charge in [0.05, 0.1) is 10.7 Å². The fraction of sp³-hybridized carbons (Fsp3) is 0.250. The fourth-order valence-electron chi connectivity index (χ4n) is 2.40. The number of carbonyl (C=O) groups excluding carboxylic acids is 1. The van der Waals surface area contributed by atoms with E-state index >= 15 is 0 Å². The van der Waals surface area contributed by atoms with Crippen LogP contribution >= 0.6 is 27.5 Å². The molecule has 2 rings (SSSR count). The van der Waals surface area contributed by atoms with Gasteiger partial charge in [-0.2, -0.15) is 0 Å². The summed E-state index contributed by atoms with van der Waals surface area (Å²) in [5.74, 6) is -0.298. The number of halogens is 3. The fourth-order valence-corrected chi connectivity index (χ4v) is 3.19. The molecule has 0 aliphatic rings. The van der Waals surface area contributed by atoms with Crippen LogP contribution in [0.25, 0.3) is 5.57 Å². The summed E-state index contributed by atoms with van der Waals surface area (Å²) in [6, 6.07) is 7.91. The minimum atomic E-state index is -0.609. The number of hydrogen-bond donors (Lipinski definition) is 1. The van der Waals surface area contributed by atoms with Crippen molar-refractivity contribution in [3.8, 4) is 0 Å². The van der Waals surface area contributed by atoms with Crippen molar-refractivity contribution in [2.75, 3.05) is 5.32 Å². The molecular weight excluding hydrogens is 421 g/mol. The van der Waals surface area contributed by atoms with E-state index < -0.39 is 11.7 Å². The van der Waals surface area contributed by atoms with Gasteiger partial charge in [0, 0.05) is 4.47 Å². The van der Waals surface area contributed by atoms with Crippen molar-refractivity contribution in [1.29, 1.82) is 0 Å². The van der Waals surface area contributed by atoms with Gasteiger partial charge in [-0.3, -0.25) is 5.32 Å². The third-order valence-corrected chi connectivity index (χ3v) is 4.50. The van der Waals surface area contributed by atoms with Gasteiger partial charge in [-0.15, -0.1) is 0 Å². The molecule has 26 heavy (non-hydrogen) atoms. The van der Waals surface area contributed by atoms with Crippen molar-refractivity contribution in [1.82, 2.24) is 0 Å². The van der Waals surface area contributed by atoms with Gasteiger partial charge in [-0.1, -0.05) is 40.2 Å². The van der Waals surface area contributed by atoms with E-state index in [1.165, 1.54) is 12.1 Å². The summed E-state index contributed by atoms with van der Waals surface area (Å²) in [5.41, 5.74) is 2.84. The molecule has 0 atom stereocenters. The van der Waals surface area contributed by atoms with Crippen molar-refractivity contribution in [2.45, 2.75) is 33.3 Å². The van der Waals surface area contributed by atoms with E-state index in [2.05, 4.69) is 27.8 Å². The van der Waals surface area contributed by atoms with Crippen molar-refractivity contribution in [3.05, 3.63) is 68.9 Å². The Morgan fingerprint density at radius 2 is 1.88 bits per heavy atom. The van der Waals surface area contributed by atoms with Crippen LogP contribution in [0.5, 0.6) is 0 Å². The standard InChI is InChI=1S/C20H20BrClFNO2/c1-11-8-13(23)6-7-14(11)12(2)15-9-17(22)18(10-16(15)21)24-19(25)26-20(3,4)5/h6-10H,2H2,1,3-5H3,(H,24,25). The average molecular weight is 441 g/mol. The molecule has 0 aromatic heterocycles. The number of ether oxygens (including phenoxy) is 1. The minimum absolute atomic E-state index is 0.298. The number of amides is 1. The average Bonchev–Trinajstić information content (AvgIpc) is 2.48. The summed E-state index contributed by atoms with van der Waals surface area (Å²) < 4.78 is 19.3. The highest BCUT2D eigenvalue weighted by Crippen LogP contribution is 2.36. The van der Waals surface area contributed by atoms with Crippen LogP contribution in [-0.4, -0.2) is 11.7 Å².